The van der Waals surface area contributed by atoms with Crippen LogP contribution in [0.1, 0.15) is 24.3 Å². The van der Waals surface area contributed by atoms with Crippen molar-refractivity contribution in [3.8, 4) is 0 Å². The average Bonchev–Trinajstić information content (AvgIpc) is 3.29. The van der Waals surface area contributed by atoms with Crippen LogP contribution in [-0.2, 0) is 23.1 Å². The summed E-state index contributed by atoms with van der Waals surface area (Å²) < 4.78 is 86.7. The molecule has 0 spiro atoms. The molecule has 2 heterocycles. The Hall–Kier alpha value is -3.17. The maximum absolute atomic E-state index is 15.5. The Kier molecular flexibility index (Phi) is 7.95. The summed E-state index contributed by atoms with van der Waals surface area (Å²) in [6.07, 6.45) is 0.250. The average molecular weight is 535 g/mol. The minimum Gasteiger partial charge on any atom is -0.755 e. The quantitative estimate of drug-likeness (QED) is 0.318. The summed E-state index contributed by atoms with van der Waals surface area (Å²) >= 11 is -3.12. The first-order chi connectivity index (χ1) is 16.8. The van der Waals surface area contributed by atoms with E-state index < -0.39 is 81.7 Å². The van der Waals surface area contributed by atoms with Crippen molar-refractivity contribution < 1.29 is 45.8 Å². The van der Waals surface area contributed by atoms with Crippen LogP contribution in [0.4, 0.5) is 33.7 Å². The van der Waals surface area contributed by atoms with Gasteiger partial charge < -0.3 is 29.2 Å². The van der Waals surface area contributed by atoms with Crippen LogP contribution in [0, 0.1) is 28.7 Å². The van der Waals surface area contributed by atoms with Gasteiger partial charge in [0.1, 0.15) is 11.4 Å². The molecular formula is C21H23F4N4O6S-. The molecule has 3 unspecified atom stereocenters. The molecule has 1 saturated heterocycles. The third-order valence-corrected chi connectivity index (χ3v) is 6.65. The molecule has 0 saturated carbocycles. The highest BCUT2D eigenvalue weighted by Gasteiger charge is 2.49. The van der Waals surface area contributed by atoms with Gasteiger partial charge in [-0.05, 0) is 6.92 Å². The van der Waals surface area contributed by atoms with Gasteiger partial charge in [-0.1, -0.05) is 6.92 Å². The van der Waals surface area contributed by atoms with Crippen LogP contribution in [0.3, 0.4) is 0 Å². The Labute approximate surface area is 205 Å². The van der Waals surface area contributed by atoms with Gasteiger partial charge >= 0.3 is 6.09 Å². The molecule has 1 aliphatic heterocycles. The number of amides is 2. The molecule has 1 aromatic carbocycles. The lowest BCUT2D eigenvalue weighted by molar-refractivity contribution is 0.100. The first-order valence-corrected chi connectivity index (χ1v) is 11.6. The first-order valence-electron chi connectivity index (χ1n) is 10.6. The molecule has 2 aromatic rings. The second-order valence-electron chi connectivity index (χ2n) is 8.45. The van der Waals surface area contributed by atoms with E-state index in [1.807, 2.05) is 5.32 Å². The van der Waals surface area contributed by atoms with Gasteiger partial charge in [0.05, 0.1) is 19.3 Å². The van der Waals surface area contributed by atoms with Gasteiger partial charge in [0, 0.05) is 60.8 Å². The molecular weight excluding hydrogens is 512 g/mol. The van der Waals surface area contributed by atoms with Crippen LogP contribution in [-0.4, -0.2) is 67.7 Å². The van der Waals surface area contributed by atoms with Gasteiger partial charge in [-0.25, -0.2) is 22.4 Å². The van der Waals surface area contributed by atoms with E-state index in [2.05, 4.69) is 0 Å². The fraction of sp³-hybridized carbons (Fsp3) is 0.429. The largest absolute Gasteiger partial charge is 0.755 e. The van der Waals surface area contributed by atoms with Gasteiger partial charge in [0.25, 0.3) is 5.91 Å². The number of halogens is 4. The third-order valence-electron chi connectivity index (χ3n) is 5.88. The number of aryl methyl sites for hydroxylation is 1. The summed E-state index contributed by atoms with van der Waals surface area (Å²) in [7, 11) is 1.23. The molecule has 15 heteroatoms. The molecule has 0 bridgehead atoms. The molecule has 36 heavy (non-hydrogen) atoms. The number of ether oxygens (including phenoxy) is 1. The molecule has 198 valence electrons. The number of rotatable bonds is 7. The smallest absolute Gasteiger partial charge is 0.409 e. The van der Waals surface area contributed by atoms with Crippen molar-refractivity contribution in [3.05, 3.63) is 47.3 Å². The standard InChI is InChI=1S/C21H24F4N4O6S/c1-4-35-20(32)28-8-15(21(2,9-28)10-30)29(36(33)34)14-7-27(3)18(17(14)25)19(31)26-11-5-12(22)16(24)13(23)6-11/h5-7,15,30H,4,8-10H2,1-3H3,(H,26,31)(H,33,34)/p-1. The van der Waals surface area contributed by atoms with E-state index in [0.29, 0.717) is 16.4 Å². The number of carbonyl (C=O) groups excluding carboxylic acids is 2. The molecule has 2 N–H and O–H groups in total. The fourth-order valence-corrected chi connectivity index (χ4v) is 4.88. The number of aliphatic hydroxyl groups excluding tert-OH is 1. The predicted molar refractivity (Wildman–Crippen MR) is 119 cm³/mol. The Balaban J connectivity index is 1.98. The van der Waals surface area contributed by atoms with Crippen LogP contribution < -0.4 is 9.62 Å². The SMILES string of the molecule is CCOC(=O)N1CC(N(c2cn(C)c(C(=O)Nc3cc(F)c(F)c(F)c3)c2F)S(=O)[O-])C(C)(CO)C1. The van der Waals surface area contributed by atoms with E-state index in [9.17, 15) is 36.6 Å². The van der Waals surface area contributed by atoms with Gasteiger partial charge in [-0.2, -0.15) is 0 Å². The van der Waals surface area contributed by atoms with E-state index in [1.54, 1.807) is 6.92 Å². The summed E-state index contributed by atoms with van der Waals surface area (Å²) in [6, 6.07) is -0.156. The number of likely N-dealkylation sites (tertiary alicyclic amines) is 1. The van der Waals surface area contributed by atoms with Crippen LogP contribution in [0.15, 0.2) is 18.3 Å². The second-order valence-corrected chi connectivity index (χ2v) is 9.27. The number of nitrogens with one attached hydrogen (secondary N) is 1. The van der Waals surface area contributed by atoms with Gasteiger partial charge in [-0.3, -0.25) is 13.3 Å². The number of hydrogen-bond acceptors (Lipinski definition) is 6. The lowest BCUT2D eigenvalue weighted by Gasteiger charge is -2.38. The third kappa shape index (κ3) is 5.03. The summed E-state index contributed by atoms with van der Waals surface area (Å²) in [5.41, 5.74) is -2.99. The lowest BCUT2D eigenvalue weighted by atomic mass is 9.86. The van der Waals surface area contributed by atoms with E-state index >= 15 is 4.39 Å². The van der Waals surface area contributed by atoms with E-state index in [1.165, 1.54) is 18.9 Å². The molecule has 1 aliphatic rings. The predicted octanol–water partition coefficient (Wildman–Crippen LogP) is 2.27. The van der Waals surface area contributed by atoms with Gasteiger partial charge in [-0.15, -0.1) is 0 Å². The second kappa shape index (κ2) is 10.4. The highest BCUT2D eigenvalue weighted by molar-refractivity contribution is 7.80. The topological polar surface area (TPSA) is 127 Å². The van der Waals surface area contributed by atoms with Crippen molar-refractivity contribution in [2.24, 2.45) is 12.5 Å². The number of aliphatic hydroxyl groups is 1. The lowest BCUT2D eigenvalue weighted by Crippen LogP contribution is -2.49. The Morgan fingerprint density at radius 2 is 1.89 bits per heavy atom. The van der Waals surface area contributed by atoms with Gasteiger partial charge in [0.2, 0.25) is 0 Å². The van der Waals surface area contributed by atoms with Crippen LogP contribution in [0.25, 0.3) is 0 Å². The number of hydrogen-bond donors (Lipinski definition) is 2. The molecule has 1 aromatic heterocycles. The number of nitrogens with zero attached hydrogens (tertiary/aromatic N) is 3. The van der Waals surface area contributed by atoms with Crippen molar-refractivity contribution in [1.29, 1.82) is 0 Å². The maximum Gasteiger partial charge on any atom is 0.409 e. The maximum atomic E-state index is 15.5. The van der Waals surface area contributed by atoms with Crippen molar-refractivity contribution in [1.82, 2.24) is 9.47 Å². The number of benzene rings is 1. The summed E-state index contributed by atoms with van der Waals surface area (Å²) in [6.45, 7) is 2.24. The minimum atomic E-state index is -3.12. The number of carbonyl (C=O) groups is 2. The minimum absolute atomic E-state index is 0.0562. The molecule has 0 radical (unpaired) electrons. The first kappa shape index (κ1) is 27.4. The molecule has 2 amide bonds. The summed E-state index contributed by atoms with van der Waals surface area (Å²) in [4.78, 5) is 26.1. The highest BCUT2D eigenvalue weighted by atomic mass is 32.2. The summed E-state index contributed by atoms with van der Waals surface area (Å²) in [5, 5.41) is 12.0. The fourth-order valence-electron chi connectivity index (χ4n) is 4.07. The van der Waals surface area contributed by atoms with Crippen LogP contribution in [0.2, 0.25) is 0 Å². The van der Waals surface area contributed by atoms with E-state index in [0.717, 1.165) is 10.8 Å². The van der Waals surface area contributed by atoms with Crippen molar-refractivity contribution in [2.45, 2.75) is 19.9 Å². The Bertz CT molecular complexity index is 1190. The Morgan fingerprint density at radius 1 is 1.28 bits per heavy atom. The molecule has 1 fully saturated rings. The monoisotopic (exact) mass is 535 g/mol. The van der Waals surface area contributed by atoms with E-state index in [4.69, 9.17) is 4.74 Å². The molecule has 10 nitrogen and oxygen atoms in total. The van der Waals surface area contributed by atoms with Crippen LogP contribution in [0.5, 0.6) is 0 Å². The zero-order chi connectivity index (χ0) is 26.9. The van der Waals surface area contributed by atoms with Crippen molar-refractivity contribution in [3.63, 3.8) is 0 Å². The van der Waals surface area contributed by atoms with E-state index in [-0.39, 0.29) is 19.7 Å². The van der Waals surface area contributed by atoms with Gasteiger partial charge in [0.15, 0.2) is 23.3 Å². The summed E-state index contributed by atoms with van der Waals surface area (Å²) in [5.74, 6) is -7.41. The van der Waals surface area contributed by atoms with Crippen molar-refractivity contribution >= 4 is 34.6 Å². The molecule has 0 aliphatic carbocycles. The highest BCUT2D eigenvalue weighted by Crippen LogP contribution is 2.39. The van der Waals surface area contributed by atoms with Crippen LogP contribution >= 0.6 is 0 Å². The van der Waals surface area contributed by atoms with Crippen molar-refractivity contribution in [2.75, 3.05) is 35.9 Å². The molecule has 3 atom stereocenters. The number of anilines is 2. The molecule has 3 rings (SSSR count). The zero-order valence-corrected chi connectivity index (χ0v) is 20.2. The Morgan fingerprint density at radius 3 is 2.42 bits per heavy atom. The normalized spacial score (nSPS) is 20.4. The zero-order valence-electron chi connectivity index (χ0n) is 19.4. The number of aromatic nitrogens is 1.